The number of nitrogens with zero attached hydrogens (tertiary/aromatic N) is 3. The second-order valence-electron chi connectivity index (χ2n) is 5.24. The molecule has 1 rings (SSSR count). The number of halogens is 1. The molecule has 0 saturated heterocycles. The molecule has 1 N–H and O–H groups in total. The van der Waals surface area contributed by atoms with Gasteiger partial charge in [0.15, 0.2) is 5.16 Å². The van der Waals surface area contributed by atoms with Crippen LogP contribution >= 0.6 is 23.4 Å². The molecule has 1 aromatic heterocycles. The van der Waals surface area contributed by atoms with Crippen molar-refractivity contribution in [2.75, 3.05) is 30.8 Å². The lowest BCUT2D eigenvalue weighted by atomic mass is 10.2. The number of thioether (sulfide) groups is 1. The topological polar surface area (TPSA) is 58.1 Å². The van der Waals surface area contributed by atoms with Crippen molar-refractivity contribution in [1.29, 1.82) is 0 Å². The van der Waals surface area contributed by atoms with E-state index in [1.165, 1.54) is 11.8 Å². The Morgan fingerprint density at radius 2 is 2.19 bits per heavy atom. The number of aromatic nitrogens is 2. The van der Waals surface area contributed by atoms with Crippen LogP contribution in [0.15, 0.2) is 11.2 Å². The second-order valence-corrected chi connectivity index (χ2v) is 6.57. The maximum atomic E-state index is 11.7. The normalized spacial score (nSPS) is 10.8. The minimum Gasteiger partial charge on any atom is -0.360 e. The van der Waals surface area contributed by atoms with Gasteiger partial charge in [-0.3, -0.25) is 4.79 Å². The van der Waals surface area contributed by atoms with E-state index in [1.54, 1.807) is 6.07 Å². The Morgan fingerprint density at radius 3 is 2.81 bits per heavy atom. The number of carbonyl (C=O) groups excluding carboxylic acids is 1. The van der Waals surface area contributed by atoms with Crippen LogP contribution in [0.3, 0.4) is 0 Å². The van der Waals surface area contributed by atoms with Crippen LogP contribution in [0.4, 0.5) is 5.82 Å². The van der Waals surface area contributed by atoms with E-state index < -0.39 is 0 Å². The SMILES string of the molecule is CCCN(C)c1cc(Cl)nc(SCC(=O)NCC(C)C)n1. The summed E-state index contributed by atoms with van der Waals surface area (Å²) in [6.07, 6.45) is 1.03. The summed E-state index contributed by atoms with van der Waals surface area (Å²) in [6, 6.07) is 1.74. The van der Waals surface area contributed by atoms with Crippen LogP contribution in [-0.2, 0) is 4.79 Å². The molecule has 0 saturated carbocycles. The Bertz CT molecular complexity index is 470. The zero-order valence-corrected chi connectivity index (χ0v) is 14.6. The lowest BCUT2D eigenvalue weighted by Gasteiger charge is -2.17. The van der Waals surface area contributed by atoms with Crippen molar-refractivity contribution >= 4 is 35.1 Å². The van der Waals surface area contributed by atoms with Crippen LogP contribution in [0.2, 0.25) is 5.15 Å². The minimum absolute atomic E-state index is 0.0132. The van der Waals surface area contributed by atoms with Crippen LogP contribution in [0.1, 0.15) is 27.2 Å². The van der Waals surface area contributed by atoms with Gasteiger partial charge in [-0.2, -0.15) is 0 Å². The highest BCUT2D eigenvalue weighted by molar-refractivity contribution is 7.99. The van der Waals surface area contributed by atoms with E-state index in [0.717, 1.165) is 18.8 Å². The van der Waals surface area contributed by atoms with Gasteiger partial charge in [0.1, 0.15) is 11.0 Å². The molecule has 1 heterocycles. The molecule has 0 aliphatic rings. The smallest absolute Gasteiger partial charge is 0.230 e. The third-order valence-electron chi connectivity index (χ3n) is 2.65. The second kappa shape index (κ2) is 9.10. The first-order valence-electron chi connectivity index (χ1n) is 7.07. The largest absolute Gasteiger partial charge is 0.360 e. The lowest BCUT2D eigenvalue weighted by Crippen LogP contribution is -2.28. The van der Waals surface area contributed by atoms with Crippen molar-refractivity contribution in [3.05, 3.63) is 11.2 Å². The predicted molar refractivity (Wildman–Crippen MR) is 89.2 cm³/mol. The number of nitrogens with one attached hydrogen (secondary N) is 1. The van der Waals surface area contributed by atoms with Gasteiger partial charge in [-0.1, -0.05) is 44.1 Å². The van der Waals surface area contributed by atoms with Crippen molar-refractivity contribution in [2.24, 2.45) is 5.92 Å². The van der Waals surface area contributed by atoms with Gasteiger partial charge in [0.25, 0.3) is 0 Å². The highest BCUT2D eigenvalue weighted by atomic mass is 35.5. The molecular weight excluding hydrogens is 308 g/mol. The molecule has 1 aromatic rings. The molecule has 0 fully saturated rings. The van der Waals surface area contributed by atoms with E-state index in [2.05, 4.69) is 36.1 Å². The average molecular weight is 331 g/mol. The average Bonchev–Trinajstić information content (AvgIpc) is 2.42. The molecule has 0 spiro atoms. The molecule has 7 heteroatoms. The fraction of sp³-hybridized carbons (Fsp3) is 0.643. The summed E-state index contributed by atoms with van der Waals surface area (Å²) in [5.41, 5.74) is 0. The number of hydrogen-bond donors (Lipinski definition) is 1. The molecular formula is C14H23ClN4OS. The van der Waals surface area contributed by atoms with E-state index in [9.17, 15) is 4.79 Å². The van der Waals surface area contributed by atoms with Crippen LogP contribution < -0.4 is 10.2 Å². The van der Waals surface area contributed by atoms with Gasteiger partial charge in [-0.05, 0) is 12.3 Å². The molecule has 5 nitrogen and oxygen atoms in total. The zero-order chi connectivity index (χ0) is 15.8. The monoisotopic (exact) mass is 330 g/mol. The van der Waals surface area contributed by atoms with Crippen LogP contribution in [0.25, 0.3) is 0 Å². The first-order chi connectivity index (χ1) is 9.92. The number of carbonyl (C=O) groups is 1. The van der Waals surface area contributed by atoms with E-state index in [1.807, 2.05) is 11.9 Å². The van der Waals surface area contributed by atoms with E-state index in [-0.39, 0.29) is 5.91 Å². The predicted octanol–water partition coefficient (Wildman–Crippen LogP) is 2.84. The number of hydrogen-bond acceptors (Lipinski definition) is 5. The highest BCUT2D eigenvalue weighted by Gasteiger charge is 2.10. The Morgan fingerprint density at radius 1 is 1.48 bits per heavy atom. The Balaban J connectivity index is 2.60. The summed E-state index contributed by atoms with van der Waals surface area (Å²) >= 11 is 7.32. The van der Waals surface area contributed by atoms with Gasteiger partial charge in [-0.15, -0.1) is 0 Å². The quantitative estimate of drug-likeness (QED) is 0.451. The minimum atomic E-state index is -0.0132. The van der Waals surface area contributed by atoms with Gasteiger partial charge in [0.2, 0.25) is 5.91 Å². The summed E-state index contributed by atoms with van der Waals surface area (Å²) < 4.78 is 0. The fourth-order valence-electron chi connectivity index (χ4n) is 1.59. The molecule has 0 radical (unpaired) electrons. The van der Waals surface area contributed by atoms with Gasteiger partial charge < -0.3 is 10.2 Å². The molecule has 0 aliphatic carbocycles. The van der Waals surface area contributed by atoms with E-state index in [0.29, 0.717) is 28.5 Å². The van der Waals surface area contributed by atoms with Crippen molar-refractivity contribution in [1.82, 2.24) is 15.3 Å². The fourth-order valence-corrected chi connectivity index (χ4v) is 2.51. The third-order valence-corrected chi connectivity index (χ3v) is 3.69. The molecule has 1 amide bonds. The molecule has 0 unspecified atom stereocenters. The summed E-state index contributed by atoms with van der Waals surface area (Å²) in [5, 5.41) is 3.79. The van der Waals surface area contributed by atoms with Crippen molar-refractivity contribution < 1.29 is 4.79 Å². The van der Waals surface area contributed by atoms with Crippen molar-refractivity contribution in [3.8, 4) is 0 Å². The number of amides is 1. The van der Waals surface area contributed by atoms with Gasteiger partial charge in [-0.25, -0.2) is 9.97 Å². The van der Waals surface area contributed by atoms with Crippen LogP contribution in [0, 0.1) is 5.92 Å². The molecule has 0 bridgehead atoms. The number of rotatable bonds is 8. The molecule has 118 valence electrons. The highest BCUT2D eigenvalue weighted by Crippen LogP contribution is 2.21. The van der Waals surface area contributed by atoms with Crippen LogP contribution in [-0.4, -0.2) is 41.8 Å². The van der Waals surface area contributed by atoms with E-state index >= 15 is 0 Å². The standard InChI is InChI=1S/C14H23ClN4OS/c1-5-6-19(4)12-7-11(15)17-14(18-12)21-9-13(20)16-8-10(2)3/h7,10H,5-6,8-9H2,1-4H3,(H,16,20). The van der Waals surface area contributed by atoms with Crippen molar-refractivity contribution in [2.45, 2.75) is 32.3 Å². The molecule has 0 aliphatic heterocycles. The summed E-state index contributed by atoms with van der Waals surface area (Å²) in [6.45, 7) is 7.80. The number of anilines is 1. The van der Waals surface area contributed by atoms with E-state index in [4.69, 9.17) is 11.6 Å². The summed E-state index contributed by atoms with van der Waals surface area (Å²) in [5.74, 6) is 1.50. The zero-order valence-electron chi connectivity index (χ0n) is 13.0. The van der Waals surface area contributed by atoms with Crippen LogP contribution in [0.5, 0.6) is 0 Å². The Kier molecular flexibility index (Phi) is 7.82. The Labute approximate surface area is 135 Å². The maximum absolute atomic E-state index is 11.7. The first-order valence-corrected chi connectivity index (χ1v) is 8.44. The van der Waals surface area contributed by atoms with Gasteiger partial charge in [0, 0.05) is 26.2 Å². The van der Waals surface area contributed by atoms with Gasteiger partial charge in [0.05, 0.1) is 5.75 Å². The third kappa shape index (κ3) is 7.00. The Hall–Kier alpha value is -1.01. The van der Waals surface area contributed by atoms with Gasteiger partial charge >= 0.3 is 0 Å². The first kappa shape index (κ1) is 18.0. The maximum Gasteiger partial charge on any atom is 0.230 e. The molecule has 0 aromatic carbocycles. The van der Waals surface area contributed by atoms with Crippen molar-refractivity contribution in [3.63, 3.8) is 0 Å². The summed E-state index contributed by atoms with van der Waals surface area (Å²) in [7, 11) is 1.96. The molecule has 21 heavy (non-hydrogen) atoms. The molecule has 0 atom stereocenters. The lowest BCUT2D eigenvalue weighted by molar-refractivity contribution is -0.118. The summed E-state index contributed by atoms with van der Waals surface area (Å²) in [4.78, 5) is 22.3.